The maximum atomic E-state index is 14.4. The Morgan fingerprint density at radius 2 is 1.11 bits per heavy atom. The SMILES string of the molecule is CSCC[C@H](NC(=O)[C@H](Cc1ccccc1)NC(=O)[C@H](Cc1cnc[nH]1)NC(=O)CNC(=O)[C@@H](NC(=O)[C@H](C)NC(=O)[C@H](Cc1c[nH]c2ccccc12)NC(=O)[C@H](CC(C)C)NC(=O)[C@H](CC(N)=O)NC(=O)CNC(=O)[C@@H](N)Cc1ccc(O)cc1)[C@@H](C)O)C(N)=O. The molecule has 5 aromatic rings. The van der Waals surface area contributed by atoms with Gasteiger partial charge in [0.15, 0.2) is 0 Å². The molecule has 0 unspecified atom stereocenters. The lowest BCUT2D eigenvalue weighted by Gasteiger charge is -2.27. The summed E-state index contributed by atoms with van der Waals surface area (Å²) in [5.74, 6) is -10.5. The number of hydrogen-bond acceptors (Lipinski definition) is 17. The summed E-state index contributed by atoms with van der Waals surface area (Å²) in [6.07, 6.45) is 3.73. The molecule has 3 aromatic carbocycles. The average Bonchev–Trinajstić information content (AvgIpc) is 4.21. The van der Waals surface area contributed by atoms with E-state index in [2.05, 4.69) is 68.1 Å². The minimum absolute atomic E-state index is 0.0118. The third-order valence-electron chi connectivity index (χ3n) is 14.3. The van der Waals surface area contributed by atoms with Gasteiger partial charge in [0.1, 0.15) is 54.1 Å². The van der Waals surface area contributed by atoms with Crippen LogP contribution in [0.5, 0.6) is 5.75 Å². The Labute approximate surface area is 534 Å². The number of aromatic hydroxyl groups is 1. The molecule has 92 heavy (non-hydrogen) atoms. The number of carbonyl (C=O) groups is 12. The summed E-state index contributed by atoms with van der Waals surface area (Å²) in [5.41, 5.74) is 20.0. The van der Waals surface area contributed by atoms with Crippen molar-refractivity contribution in [1.82, 2.24) is 68.1 Å². The van der Waals surface area contributed by atoms with E-state index in [0.29, 0.717) is 39.0 Å². The quantitative estimate of drug-likeness (QED) is 0.0187. The molecular formula is C61H82N16O14S. The van der Waals surface area contributed by atoms with Crippen LogP contribution in [0.4, 0.5) is 0 Å². The van der Waals surface area contributed by atoms with E-state index >= 15 is 0 Å². The Balaban J connectivity index is 1.25. The number of phenolic OH excluding ortho intramolecular Hbond substituents is 1. The lowest BCUT2D eigenvalue weighted by Crippen LogP contribution is -2.60. The van der Waals surface area contributed by atoms with Gasteiger partial charge in [-0.25, -0.2) is 4.98 Å². The number of benzene rings is 3. The number of aliphatic hydroxyl groups is 1. The Morgan fingerprint density at radius 3 is 1.71 bits per heavy atom. The number of nitrogens with zero attached hydrogens (tertiary/aromatic N) is 1. The maximum Gasteiger partial charge on any atom is 0.245 e. The Morgan fingerprint density at radius 1 is 0.565 bits per heavy atom. The third kappa shape index (κ3) is 23.8. The zero-order valence-corrected chi connectivity index (χ0v) is 52.4. The van der Waals surface area contributed by atoms with Crippen molar-refractivity contribution in [3.05, 3.63) is 120 Å². The molecule has 0 aliphatic carbocycles. The summed E-state index contributed by atoms with van der Waals surface area (Å²) in [5, 5.41) is 46.0. The number of amides is 12. The van der Waals surface area contributed by atoms with Crippen LogP contribution in [0.15, 0.2) is 97.6 Å². The van der Waals surface area contributed by atoms with E-state index in [0.717, 1.165) is 0 Å². The Bertz CT molecular complexity index is 3350. The van der Waals surface area contributed by atoms with Crippen molar-refractivity contribution < 1.29 is 67.7 Å². The second-order valence-corrected chi connectivity index (χ2v) is 23.4. The lowest BCUT2D eigenvalue weighted by atomic mass is 10.00. The number of aromatic nitrogens is 3. The molecule has 20 N–H and O–H groups in total. The van der Waals surface area contributed by atoms with Crippen molar-refractivity contribution in [2.75, 3.05) is 25.1 Å². The van der Waals surface area contributed by atoms with Crippen molar-refractivity contribution in [1.29, 1.82) is 0 Å². The smallest absolute Gasteiger partial charge is 0.245 e. The number of aromatic amines is 2. The van der Waals surface area contributed by atoms with E-state index in [1.54, 1.807) is 86.8 Å². The highest BCUT2D eigenvalue weighted by molar-refractivity contribution is 7.98. The van der Waals surface area contributed by atoms with Crippen molar-refractivity contribution in [2.24, 2.45) is 23.1 Å². The normalized spacial score (nSPS) is 14.4. The monoisotopic (exact) mass is 1290 g/mol. The number of hydrogen-bond donors (Lipinski definition) is 17. The molecule has 5 rings (SSSR count). The lowest BCUT2D eigenvalue weighted by molar-refractivity contribution is -0.136. The highest BCUT2D eigenvalue weighted by atomic mass is 32.2. The summed E-state index contributed by atoms with van der Waals surface area (Å²) >= 11 is 1.44. The van der Waals surface area contributed by atoms with Gasteiger partial charge in [-0.1, -0.05) is 74.5 Å². The van der Waals surface area contributed by atoms with Gasteiger partial charge in [0.05, 0.1) is 38.0 Å². The first-order valence-corrected chi connectivity index (χ1v) is 30.9. The molecule has 496 valence electrons. The molecule has 12 amide bonds. The molecule has 0 aliphatic heterocycles. The number of nitrogens with two attached hydrogens (primary N) is 3. The van der Waals surface area contributed by atoms with Crippen LogP contribution in [0.1, 0.15) is 69.3 Å². The zero-order chi connectivity index (χ0) is 67.6. The van der Waals surface area contributed by atoms with Crippen molar-refractivity contribution in [2.45, 2.75) is 133 Å². The highest BCUT2D eigenvalue weighted by Gasteiger charge is 2.35. The van der Waals surface area contributed by atoms with Crippen molar-refractivity contribution in [3.8, 4) is 5.75 Å². The number of nitrogens with one attached hydrogen (secondary N) is 12. The van der Waals surface area contributed by atoms with Gasteiger partial charge >= 0.3 is 0 Å². The number of para-hydroxylation sites is 1. The molecule has 0 radical (unpaired) electrons. The molecule has 2 aromatic heterocycles. The van der Waals surface area contributed by atoms with Gasteiger partial charge in [-0.15, -0.1) is 0 Å². The summed E-state index contributed by atoms with van der Waals surface area (Å²) in [6.45, 7) is 4.45. The fraction of sp³-hybridized carbons (Fsp3) is 0.426. The van der Waals surface area contributed by atoms with Gasteiger partial charge in [-0.3, -0.25) is 57.5 Å². The number of primary amides is 2. The van der Waals surface area contributed by atoms with E-state index in [-0.39, 0.29) is 50.2 Å². The van der Waals surface area contributed by atoms with Crippen LogP contribution < -0.4 is 70.4 Å². The summed E-state index contributed by atoms with van der Waals surface area (Å²) in [7, 11) is 0. The topological polar surface area (TPSA) is 488 Å². The van der Waals surface area contributed by atoms with E-state index in [1.807, 2.05) is 6.26 Å². The standard InChI is InChI=1S/C61H82N16O14S/c1-32(2)21-44(74-60(90)48(26-49(63)80)72-50(81)29-67-55(85)41(62)22-36-15-17-39(79)18-16-36)57(87)76-46(24-37-27-66-42-14-10-9-13-40(37)42)56(86)70-33(3)54(84)77-52(34(4)78)61(91)68-30-51(82)71-47(25-38-28-65-31-69-38)59(89)75-45(23-35-11-7-6-8-12-35)58(88)73-43(53(64)83)19-20-92-5/h6-18,27-28,31-34,41,43-48,52,66,78-79H,19-26,29-30,62H2,1-5H3,(H2,63,80)(H2,64,83)(H,65,69)(H,67,85)(H,68,91)(H,70,86)(H,71,82)(H,72,81)(H,73,88)(H,74,90)(H,75,89)(H,76,87)(H,77,84)/t33-,34+,41-,43-,44-,45-,46-,47-,48-,52-/m0/s1. The predicted molar refractivity (Wildman–Crippen MR) is 339 cm³/mol. The number of phenols is 1. The molecule has 0 saturated heterocycles. The van der Waals surface area contributed by atoms with Crippen molar-refractivity contribution in [3.63, 3.8) is 0 Å². The van der Waals surface area contributed by atoms with Crippen LogP contribution in [-0.4, -0.2) is 182 Å². The van der Waals surface area contributed by atoms with Crippen LogP contribution >= 0.6 is 11.8 Å². The molecule has 0 aliphatic rings. The van der Waals surface area contributed by atoms with Crippen LogP contribution in [0.2, 0.25) is 0 Å². The van der Waals surface area contributed by atoms with Gasteiger partial charge < -0.3 is 90.5 Å². The fourth-order valence-corrected chi connectivity index (χ4v) is 9.92. The molecule has 2 heterocycles. The molecule has 10 atom stereocenters. The first-order valence-electron chi connectivity index (χ1n) is 29.5. The Kier molecular flexibility index (Phi) is 28.6. The van der Waals surface area contributed by atoms with Crippen molar-refractivity contribution >= 4 is 93.6 Å². The van der Waals surface area contributed by atoms with Gasteiger partial charge in [-0.05, 0) is 85.9 Å². The van der Waals surface area contributed by atoms with Crippen LogP contribution in [0, 0.1) is 5.92 Å². The molecule has 30 nitrogen and oxygen atoms in total. The molecule has 0 bridgehead atoms. The van der Waals surface area contributed by atoms with E-state index in [9.17, 15) is 67.7 Å². The summed E-state index contributed by atoms with van der Waals surface area (Å²) in [4.78, 5) is 172. The average molecular weight is 1300 g/mol. The molecule has 0 fully saturated rings. The van der Waals surface area contributed by atoms with Gasteiger partial charge in [0, 0.05) is 48.3 Å². The highest BCUT2D eigenvalue weighted by Crippen LogP contribution is 2.20. The third-order valence-corrected chi connectivity index (χ3v) is 15.0. The molecule has 31 heteroatoms. The van der Waals surface area contributed by atoms with Gasteiger partial charge in [0.2, 0.25) is 70.9 Å². The second kappa shape index (κ2) is 36.1. The maximum absolute atomic E-state index is 14.4. The summed E-state index contributed by atoms with van der Waals surface area (Å²) in [6, 6.07) is 9.22. The van der Waals surface area contributed by atoms with Gasteiger partial charge in [-0.2, -0.15) is 11.8 Å². The first-order chi connectivity index (χ1) is 43.7. The molecule has 0 saturated carbocycles. The molecular weight excluding hydrogens is 1210 g/mol. The molecule has 0 spiro atoms. The minimum atomic E-state index is -1.74. The first kappa shape index (κ1) is 72.9. The predicted octanol–water partition coefficient (Wildman–Crippen LogP) is -3.13. The van der Waals surface area contributed by atoms with E-state index in [1.165, 1.54) is 50.3 Å². The Hall–Kier alpha value is -9.88. The van der Waals surface area contributed by atoms with Gasteiger partial charge in [0.25, 0.3) is 0 Å². The number of H-pyrrole nitrogens is 2. The zero-order valence-electron chi connectivity index (χ0n) is 51.5. The van der Waals surface area contributed by atoms with E-state index in [4.69, 9.17) is 17.2 Å². The number of carbonyl (C=O) groups excluding carboxylic acids is 12. The summed E-state index contributed by atoms with van der Waals surface area (Å²) < 4.78 is 0. The van der Waals surface area contributed by atoms with E-state index < -0.39 is 151 Å². The number of imidazole rings is 1. The number of aliphatic hydroxyl groups excluding tert-OH is 1. The minimum Gasteiger partial charge on any atom is -0.508 e. The number of rotatable bonds is 37. The number of fused-ring (bicyclic) bond motifs is 1. The van der Waals surface area contributed by atoms with Crippen LogP contribution in [0.3, 0.4) is 0 Å². The second-order valence-electron chi connectivity index (χ2n) is 22.4. The van der Waals surface area contributed by atoms with Crippen LogP contribution in [-0.2, 0) is 83.2 Å². The number of thioether (sulfide) groups is 1. The van der Waals surface area contributed by atoms with Crippen LogP contribution in [0.25, 0.3) is 10.9 Å². The largest absolute Gasteiger partial charge is 0.508 e. The fourth-order valence-electron chi connectivity index (χ4n) is 9.45.